The van der Waals surface area contributed by atoms with Crippen LogP contribution in [-0.4, -0.2) is 66.2 Å². The Labute approximate surface area is 194 Å². The second-order valence-corrected chi connectivity index (χ2v) is 7.17. The number of carbonyl (C=O) groups excluding carboxylic acids is 1. The van der Waals surface area contributed by atoms with Crippen LogP contribution in [0.2, 0.25) is 0 Å². The molecule has 3 N–H and O–H groups in total. The predicted molar refractivity (Wildman–Crippen MR) is 127 cm³/mol. The Kier molecular flexibility index (Phi) is 11.5. The molecule has 1 aromatic heterocycles. The number of hydrogen-bond donors (Lipinski definition) is 3. The molecule has 1 saturated heterocycles. The van der Waals surface area contributed by atoms with Crippen molar-refractivity contribution in [1.82, 2.24) is 25.5 Å². The van der Waals surface area contributed by atoms with Gasteiger partial charge in [0.15, 0.2) is 0 Å². The van der Waals surface area contributed by atoms with Gasteiger partial charge in [-0.2, -0.15) is 4.98 Å². The third-order valence-corrected chi connectivity index (χ3v) is 4.49. The van der Waals surface area contributed by atoms with E-state index in [0.717, 1.165) is 32.7 Å². The third kappa shape index (κ3) is 8.10. The van der Waals surface area contributed by atoms with Crippen molar-refractivity contribution in [1.29, 1.82) is 0 Å². The summed E-state index contributed by atoms with van der Waals surface area (Å²) in [7, 11) is 0. The molecule has 2 aromatic rings. The third-order valence-electron chi connectivity index (χ3n) is 4.49. The van der Waals surface area contributed by atoms with E-state index in [1.807, 2.05) is 13.8 Å². The number of nitrogens with zero attached hydrogens (tertiary/aromatic N) is 4. The van der Waals surface area contributed by atoms with E-state index in [2.05, 4.69) is 30.8 Å². The van der Waals surface area contributed by atoms with Gasteiger partial charge in [0.05, 0.1) is 5.69 Å². The van der Waals surface area contributed by atoms with Gasteiger partial charge in [-0.05, 0) is 38.1 Å². The highest BCUT2D eigenvalue weighted by Gasteiger charge is 2.20. The summed E-state index contributed by atoms with van der Waals surface area (Å²) in [4.78, 5) is 25.4. The molecule has 172 valence electrons. The number of nitrogens with one attached hydrogen (secondary N) is 3. The number of aromatic nitrogens is 2. The average molecular weight is 474 g/mol. The lowest BCUT2D eigenvalue weighted by molar-refractivity contribution is 0.231. The summed E-state index contributed by atoms with van der Waals surface area (Å²) in [5.41, 5.74) is 0.528. The first kappa shape index (κ1) is 26.8. The van der Waals surface area contributed by atoms with Gasteiger partial charge in [0.25, 0.3) is 0 Å². The Hall–Kier alpha value is -2.20. The van der Waals surface area contributed by atoms with Crippen molar-refractivity contribution in [2.45, 2.75) is 19.9 Å². The van der Waals surface area contributed by atoms with Crippen LogP contribution >= 0.6 is 24.8 Å². The number of rotatable bonds is 7. The summed E-state index contributed by atoms with van der Waals surface area (Å²) in [6, 6.07) is 7.25. The molecule has 0 aliphatic carbocycles. The lowest BCUT2D eigenvalue weighted by atomic mass is 10.3. The minimum atomic E-state index is -0.363. The number of halogens is 3. The first-order chi connectivity index (χ1) is 14.0. The smallest absolute Gasteiger partial charge is 0.327 e. The van der Waals surface area contributed by atoms with Gasteiger partial charge in [-0.3, -0.25) is 4.90 Å². The van der Waals surface area contributed by atoms with Gasteiger partial charge < -0.3 is 16.0 Å². The van der Waals surface area contributed by atoms with Crippen molar-refractivity contribution in [3.63, 3.8) is 0 Å². The molecule has 0 radical (unpaired) electrons. The normalized spacial score (nSPS) is 13.7. The number of hydrogen-bond acceptors (Lipinski definition) is 6. The van der Waals surface area contributed by atoms with Gasteiger partial charge in [0.1, 0.15) is 11.6 Å². The van der Waals surface area contributed by atoms with Gasteiger partial charge in [0.2, 0.25) is 5.95 Å². The van der Waals surface area contributed by atoms with Gasteiger partial charge in [-0.1, -0.05) is 0 Å². The molecule has 0 saturated carbocycles. The van der Waals surface area contributed by atoms with Crippen LogP contribution in [0.25, 0.3) is 0 Å². The first-order valence-electron chi connectivity index (χ1n) is 9.89. The van der Waals surface area contributed by atoms with Gasteiger partial charge >= 0.3 is 6.03 Å². The van der Waals surface area contributed by atoms with Crippen LogP contribution in [0.3, 0.4) is 0 Å². The zero-order valence-electron chi connectivity index (χ0n) is 17.7. The van der Waals surface area contributed by atoms with Crippen LogP contribution < -0.4 is 20.9 Å². The molecule has 1 aromatic carbocycles. The number of piperazine rings is 1. The van der Waals surface area contributed by atoms with E-state index < -0.39 is 0 Å². The van der Waals surface area contributed by atoms with E-state index >= 15 is 0 Å². The fraction of sp³-hybridized carbons (Fsp3) is 0.450. The van der Waals surface area contributed by atoms with Crippen molar-refractivity contribution < 1.29 is 9.18 Å². The molecule has 0 spiro atoms. The molecule has 0 atom stereocenters. The van der Waals surface area contributed by atoms with Crippen LogP contribution in [0.5, 0.6) is 0 Å². The fourth-order valence-corrected chi connectivity index (χ4v) is 3.08. The van der Waals surface area contributed by atoms with E-state index in [1.165, 1.54) is 17.0 Å². The maximum absolute atomic E-state index is 13.4. The quantitative estimate of drug-likeness (QED) is 0.572. The molecule has 0 unspecified atom stereocenters. The van der Waals surface area contributed by atoms with Gasteiger partial charge in [-0.15, -0.1) is 24.8 Å². The molecule has 2 heterocycles. The second-order valence-electron chi connectivity index (χ2n) is 7.17. The Morgan fingerprint density at radius 3 is 2.52 bits per heavy atom. The largest absolute Gasteiger partial charge is 0.352 e. The summed E-state index contributed by atoms with van der Waals surface area (Å²) in [5, 5.41) is 9.40. The van der Waals surface area contributed by atoms with E-state index in [4.69, 9.17) is 0 Å². The van der Waals surface area contributed by atoms with Gasteiger partial charge in [-0.25, -0.2) is 19.1 Å². The Morgan fingerprint density at radius 1 is 1.19 bits per heavy atom. The summed E-state index contributed by atoms with van der Waals surface area (Å²) in [6.07, 6.45) is 1.59. The molecule has 1 aliphatic rings. The van der Waals surface area contributed by atoms with E-state index in [1.54, 1.807) is 24.4 Å². The molecular formula is C20H30Cl2FN7O. The zero-order valence-corrected chi connectivity index (χ0v) is 19.3. The maximum atomic E-state index is 13.4. The van der Waals surface area contributed by atoms with Crippen LogP contribution in [0.4, 0.5) is 26.6 Å². The number of anilines is 3. The molecule has 1 fully saturated rings. The monoisotopic (exact) mass is 473 g/mol. The number of urea groups is 1. The van der Waals surface area contributed by atoms with Crippen LogP contribution in [0, 0.1) is 5.82 Å². The number of benzene rings is 1. The van der Waals surface area contributed by atoms with Crippen molar-refractivity contribution in [2.75, 3.05) is 49.5 Å². The summed E-state index contributed by atoms with van der Waals surface area (Å²) >= 11 is 0. The highest BCUT2D eigenvalue weighted by molar-refractivity contribution is 5.98. The molecule has 31 heavy (non-hydrogen) atoms. The minimum Gasteiger partial charge on any atom is -0.352 e. The van der Waals surface area contributed by atoms with Crippen molar-refractivity contribution in [2.24, 2.45) is 0 Å². The van der Waals surface area contributed by atoms with Crippen molar-refractivity contribution >= 4 is 48.3 Å². The SMILES string of the molecule is CC(C)Nc1nccc(N(C(=O)NCCN2CCNCC2)c2ccc(F)cc2)n1.Cl.Cl. The average Bonchev–Trinajstić information content (AvgIpc) is 2.70. The minimum absolute atomic E-state index is 0. The lowest BCUT2D eigenvalue weighted by Gasteiger charge is -2.28. The Balaban J connectivity index is 0.00000240. The highest BCUT2D eigenvalue weighted by atomic mass is 35.5. The number of amides is 2. The van der Waals surface area contributed by atoms with E-state index in [0.29, 0.717) is 24.0 Å². The maximum Gasteiger partial charge on any atom is 0.327 e. The summed E-state index contributed by atoms with van der Waals surface area (Å²) in [6.45, 7) is 9.10. The molecule has 2 amide bonds. The van der Waals surface area contributed by atoms with Crippen molar-refractivity contribution in [3.8, 4) is 0 Å². The second kappa shape index (κ2) is 13.3. The van der Waals surface area contributed by atoms with Crippen molar-refractivity contribution in [3.05, 3.63) is 42.3 Å². The topological polar surface area (TPSA) is 85.4 Å². The summed E-state index contributed by atoms with van der Waals surface area (Å²) in [5.74, 6) is 0.477. The lowest BCUT2D eigenvalue weighted by Crippen LogP contribution is -2.47. The molecule has 11 heteroatoms. The Morgan fingerprint density at radius 2 is 1.87 bits per heavy atom. The standard InChI is InChI=1S/C20H28FN7O.2ClH/c1-15(2)25-19-23-8-7-18(26-19)28(17-5-3-16(21)4-6-17)20(29)24-11-14-27-12-9-22-10-13-27;;/h3-8,15,22H,9-14H2,1-2H3,(H,24,29)(H,23,25,26);2*1H. The molecule has 8 nitrogen and oxygen atoms in total. The van der Waals surface area contributed by atoms with E-state index in [9.17, 15) is 9.18 Å². The zero-order chi connectivity index (χ0) is 20.6. The molecule has 0 bridgehead atoms. The van der Waals surface area contributed by atoms with Crippen LogP contribution in [0.15, 0.2) is 36.5 Å². The Bertz CT molecular complexity index is 804. The molecule has 1 aliphatic heterocycles. The van der Waals surface area contributed by atoms with Crippen LogP contribution in [0.1, 0.15) is 13.8 Å². The first-order valence-corrected chi connectivity index (χ1v) is 9.89. The predicted octanol–water partition coefficient (Wildman–Crippen LogP) is 3.03. The highest BCUT2D eigenvalue weighted by Crippen LogP contribution is 2.24. The summed E-state index contributed by atoms with van der Waals surface area (Å²) < 4.78 is 13.4. The van der Waals surface area contributed by atoms with Gasteiger partial charge in [0, 0.05) is 57.6 Å². The van der Waals surface area contributed by atoms with E-state index in [-0.39, 0.29) is 42.7 Å². The molecular weight excluding hydrogens is 444 g/mol. The van der Waals surface area contributed by atoms with Crippen LogP contribution in [-0.2, 0) is 0 Å². The molecule has 3 rings (SSSR count). The number of carbonyl (C=O) groups is 1. The fourth-order valence-electron chi connectivity index (χ4n) is 3.08.